The van der Waals surface area contributed by atoms with Crippen LogP contribution in [0.5, 0.6) is 0 Å². The Kier molecular flexibility index (Phi) is 4.30. The molecule has 0 aliphatic rings. The lowest BCUT2D eigenvalue weighted by molar-refractivity contribution is -0.384. The van der Waals surface area contributed by atoms with Gasteiger partial charge in [-0.1, -0.05) is 0 Å². The maximum atomic E-state index is 11.9. The van der Waals surface area contributed by atoms with Gasteiger partial charge in [-0.2, -0.15) is 13.2 Å². The van der Waals surface area contributed by atoms with Gasteiger partial charge >= 0.3 is 12.2 Å². The van der Waals surface area contributed by atoms with Crippen molar-refractivity contribution in [3.05, 3.63) is 33.9 Å². The molecule has 0 bridgehead atoms. The molecule has 9 heteroatoms. The van der Waals surface area contributed by atoms with Crippen LogP contribution in [-0.2, 0) is 0 Å². The van der Waals surface area contributed by atoms with Gasteiger partial charge in [-0.05, 0) is 18.6 Å². The van der Waals surface area contributed by atoms with E-state index in [4.69, 9.17) is 0 Å². The summed E-state index contributed by atoms with van der Waals surface area (Å²) in [5.41, 5.74) is 0.403. The highest BCUT2D eigenvalue weighted by Gasteiger charge is 2.27. The van der Waals surface area contributed by atoms with E-state index in [-0.39, 0.29) is 11.4 Å². The first-order valence-electron chi connectivity index (χ1n) is 5.05. The highest BCUT2D eigenvalue weighted by atomic mass is 19.4. The Morgan fingerprint density at radius 1 is 1.42 bits per heavy atom. The fourth-order valence-electron chi connectivity index (χ4n) is 1.25. The summed E-state index contributed by atoms with van der Waals surface area (Å²) in [6.07, 6.45) is -4.50. The zero-order valence-corrected chi connectivity index (χ0v) is 9.75. The molecule has 1 aromatic carbocycles. The molecule has 0 saturated carbocycles. The lowest BCUT2D eigenvalue weighted by Crippen LogP contribution is -2.36. The van der Waals surface area contributed by atoms with Gasteiger partial charge in [0.2, 0.25) is 0 Å². The molecule has 0 aromatic heterocycles. The van der Waals surface area contributed by atoms with E-state index in [1.807, 2.05) is 0 Å². The molecule has 6 nitrogen and oxygen atoms in total. The van der Waals surface area contributed by atoms with Crippen LogP contribution in [0.3, 0.4) is 0 Å². The summed E-state index contributed by atoms with van der Waals surface area (Å²) in [7, 11) is 0. The molecular weight excluding hydrogens is 267 g/mol. The number of alkyl halides is 3. The van der Waals surface area contributed by atoms with Crippen molar-refractivity contribution in [2.75, 3.05) is 11.9 Å². The number of benzene rings is 1. The average molecular weight is 277 g/mol. The Morgan fingerprint density at radius 2 is 2.05 bits per heavy atom. The summed E-state index contributed by atoms with van der Waals surface area (Å²) in [5, 5.41) is 14.3. The number of nitrogens with zero attached hydrogens (tertiary/aromatic N) is 1. The molecule has 19 heavy (non-hydrogen) atoms. The first kappa shape index (κ1) is 14.7. The quantitative estimate of drug-likeness (QED) is 0.657. The minimum Gasteiger partial charge on any atom is -0.329 e. The number of nitrogens with one attached hydrogen (secondary N) is 2. The predicted octanol–water partition coefficient (Wildman–Crippen LogP) is 2.59. The smallest absolute Gasteiger partial charge is 0.329 e. The number of hydrogen-bond acceptors (Lipinski definition) is 3. The molecule has 0 aliphatic carbocycles. The summed E-state index contributed by atoms with van der Waals surface area (Å²) in [6, 6.07) is 2.57. The number of anilines is 1. The van der Waals surface area contributed by atoms with Crippen LogP contribution in [0.15, 0.2) is 18.2 Å². The standard InChI is InChI=1S/C10H10F3N3O3/c1-6-4-7(16(18)19)2-3-8(6)15-9(17)14-5-10(11,12)13/h2-4H,5H2,1H3,(H2,14,15,17). The van der Waals surface area contributed by atoms with Crippen LogP contribution in [0.4, 0.5) is 29.3 Å². The van der Waals surface area contributed by atoms with Gasteiger partial charge in [0.15, 0.2) is 0 Å². The summed E-state index contributed by atoms with van der Waals surface area (Å²) in [6.45, 7) is 0.0389. The van der Waals surface area contributed by atoms with Crippen molar-refractivity contribution in [2.24, 2.45) is 0 Å². The lowest BCUT2D eigenvalue weighted by atomic mass is 10.2. The first-order valence-corrected chi connectivity index (χ1v) is 5.05. The third-order valence-corrected chi connectivity index (χ3v) is 2.12. The Balaban J connectivity index is 2.67. The number of nitro benzene ring substituents is 1. The van der Waals surface area contributed by atoms with E-state index < -0.39 is 23.7 Å². The van der Waals surface area contributed by atoms with E-state index in [9.17, 15) is 28.1 Å². The number of halogens is 3. The number of aryl methyl sites for hydroxylation is 1. The summed E-state index contributed by atoms with van der Waals surface area (Å²) in [4.78, 5) is 21.0. The molecule has 0 spiro atoms. The van der Waals surface area contributed by atoms with E-state index >= 15 is 0 Å². The van der Waals surface area contributed by atoms with Gasteiger partial charge in [0.25, 0.3) is 5.69 Å². The first-order chi connectivity index (χ1) is 8.69. The van der Waals surface area contributed by atoms with Crippen LogP contribution < -0.4 is 10.6 Å². The summed E-state index contributed by atoms with van der Waals surface area (Å²) >= 11 is 0. The fraction of sp³-hybridized carbons (Fsp3) is 0.300. The predicted molar refractivity (Wildman–Crippen MR) is 60.9 cm³/mol. The molecular formula is C10H10F3N3O3. The number of nitro groups is 1. The van der Waals surface area contributed by atoms with Gasteiger partial charge in [-0.25, -0.2) is 4.79 Å². The summed E-state index contributed by atoms with van der Waals surface area (Å²) in [5.74, 6) is 0. The van der Waals surface area contributed by atoms with Crippen LogP contribution >= 0.6 is 0 Å². The molecule has 0 unspecified atom stereocenters. The second-order valence-electron chi connectivity index (χ2n) is 3.68. The molecule has 0 atom stereocenters. The maximum Gasteiger partial charge on any atom is 0.405 e. The maximum absolute atomic E-state index is 11.9. The number of rotatable bonds is 3. The molecule has 0 heterocycles. The van der Waals surface area contributed by atoms with E-state index in [0.717, 1.165) is 6.07 Å². The second kappa shape index (κ2) is 5.55. The summed E-state index contributed by atoms with van der Waals surface area (Å²) < 4.78 is 35.6. The van der Waals surface area contributed by atoms with Crippen molar-refractivity contribution in [3.63, 3.8) is 0 Å². The van der Waals surface area contributed by atoms with Gasteiger partial charge in [0.1, 0.15) is 6.54 Å². The van der Waals surface area contributed by atoms with Crippen molar-refractivity contribution in [1.29, 1.82) is 0 Å². The number of urea groups is 1. The molecule has 0 fully saturated rings. The van der Waals surface area contributed by atoms with E-state index in [1.165, 1.54) is 19.1 Å². The van der Waals surface area contributed by atoms with Gasteiger partial charge in [-0.3, -0.25) is 10.1 Å². The lowest BCUT2D eigenvalue weighted by Gasteiger charge is -2.11. The van der Waals surface area contributed by atoms with Gasteiger partial charge < -0.3 is 10.6 Å². The highest BCUT2D eigenvalue weighted by molar-refractivity contribution is 5.90. The molecule has 104 valence electrons. The Labute approximate surface area is 105 Å². The molecule has 0 saturated heterocycles. The Bertz CT molecular complexity index is 503. The molecule has 1 rings (SSSR count). The third kappa shape index (κ3) is 4.82. The van der Waals surface area contributed by atoms with Crippen molar-refractivity contribution in [1.82, 2.24) is 5.32 Å². The zero-order valence-electron chi connectivity index (χ0n) is 9.75. The monoisotopic (exact) mass is 277 g/mol. The Morgan fingerprint density at radius 3 is 2.53 bits per heavy atom. The minimum atomic E-state index is -4.50. The number of non-ortho nitro benzene ring substituents is 1. The van der Waals surface area contributed by atoms with E-state index in [2.05, 4.69) is 5.32 Å². The minimum absolute atomic E-state index is 0.168. The second-order valence-corrected chi connectivity index (χ2v) is 3.68. The SMILES string of the molecule is Cc1cc([N+](=O)[O-])ccc1NC(=O)NCC(F)(F)F. The molecule has 2 N–H and O–H groups in total. The average Bonchev–Trinajstić information content (AvgIpc) is 2.28. The number of amides is 2. The van der Waals surface area contributed by atoms with Crippen LogP contribution in [0, 0.1) is 17.0 Å². The van der Waals surface area contributed by atoms with Crippen LogP contribution in [0.2, 0.25) is 0 Å². The van der Waals surface area contributed by atoms with E-state index in [1.54, 1.807) is 5.32 Å². The highest BCUT2D eigenvalue weighted by Crippen LogP contribution is 2.21. The van der Waals surface area contributed by atoms with Gasteiger partial charge in [-0.15, -0.1) is 0 Å². The van der Waals surface area contributed by atoms with Crippen molar-refractivity contribution in [2.45, 2.75) is 13.1 Å². The number of carbonyl (C=O) groups excluding carboxylic acids is 1. The normalized spacial score (nSPS) is 10.9. The van der Waals surface area contributed by atoms with Crippen LogP contribution in [-0.4, -0.2) is 23.7 Å². The zero-order chi connectivity index (χ0) is 14.6. The largest absolute Gasteiger partial charge is 0.405 e. The molecule has 0 radical (unpaired) electrons. The molecule has 1 aromatic rings. The fourth-order valence-corrected chi connectivity index (χ4v) is 1.25. The molecule has 2 amide bonds. The van der Waals surface area contributed by atoms with Gasteiger partial charge in [0, 0.05) is 17.8 Å². The van der Waals surface area contributed by atoms with Crippen molar-refractivity contribution in [3.8, 4) is 0 Å². The van der Waals surface area contributed by atoms with Crippen LogP contribution in [0.25, 0.3) is 0 Å². The number of hydrogen-bond donors (Lipinski definition) is 2. The molecule has 0 aliphatic heterocycles. The van der Waals surface area contributed by atoms with Crippen molar-refractivity contribution >= 4 is 17.4 Å². The van der Waals surface area contributed by atoms with Gasteiger partial charge in [0.05, 0.1) is 4.92 Å². The van der Waals surface area contributed by atoms with Crippen LogP contribution in [0.1, 0.15) is 5.56 Å². The third-order valence-electron chi connectivity index (χ3n) is 2.12. The van der Waals surface area contributed by atoms with E-state index in [0.29, 0.717) is 5.56 Å². The van der Waals surface area contributed by atoms with Crippen molar-refractivity contribution < 1.29 is 22.9 Å². The number of carbonyl (C=O) groups is 1. The topological polar surface area (TPSA) is 84.3 Å². The Hall–Kier alpha value is -2.32.